The highest BCUT2D eigenvalue weighted by Gasteiger charge is 2.62. The zero-order chi connectivity index (χ0) is 20.6. The van der Waals surface area contributed by atoms with Crippen LogP contribution in [0.1, 0.15) is 29.5 Å². The van der Waals surface area contributed by atoms with Crippen molar-refractivity contribution in [2.75, 3.05) is 19.5 Å². The average Bonchev–Trinajstić information content (AvgIpc) is 3.24. The van der Waals surface area contributed by atoms with Gasteiger partial charge in [0.15, 0.2) is 0 Å². The molecule has 1 fully saturated rings. The van der Waals surface area contributed by atoms with E-state index in [4.69, 9.17) is 27.9 Å². The second kappa shape index (κ2) is 7.73. The average molecular weight is 417 g/mol. The highest BCUT2D eigenvalue weighted by atomic mass is 35.5. The summed E-state index contributed by atoms with van der Waals surface area (Å²) in [5, 5.41) is 7.09. The summed E-state index contributed by atoms with van der Waals surface area (Å²) in [4.78, 5) is -0.396. The largest absolute Gasteiger partial charge is 0.497 e. The number of anilines is 1. The number of alkyl halides is 1. The Hall–Kier alpha value is -2.10. The van der Waals surface area contributed by atoms with Crippen molar-refractivity contribution in [2.24, 2.45) is 5.92 Å². The third-order valence-corrected chi connectivity index (χ3v) is 6.18. The first-order chi connectivity index (χ1) is 13.2. The molecule has 148 valence electrons. The molecule has 0 amide bonds. The maximum absolute atomic E-state index is 6.86. The van der Waals surface area contributed by atoms with Crippen LogP contribution in [-0.2, 0) is 0 Å². The lowest BCUT2D eigenvalue weighted by atomic mass is 10.0. The second-order valence-corrected chi connectivity index (χ2v) is 8.69. The normalized spacial score (nSPS) is 23.1. The first-order valence-electron chi connectivity index (χ1n) is 9.16. The Morgan fingerprint density at radius 1 is 1.18 bits per heavy atom. The van der Waals surface area contributed by atoms with E-state index in [1.807, 2.05) is 31.3 Å². The zero-order valence-electron chi connectivity index (χ0n) is 16.7. The number of methoxy groups -OCH3 is 1. The lowest BCUT2D eigenvalue weighted by molar-refractivity contribution is 0.414. The van der Waals surface area contributed by atoms with Crippen molar-refractivity contribution in [2.45, 2.75) is 24.6 Å². The predicted octanol–water partition coefficient (Wildman–Crippen LogP) is 6.18. The van der Waals surface area contributed by atoms with Gasteiger partial charge in [-0.1, -0.05) is 30.8 Å². The number of nitrogens with one attached hydrogen (secondary N) is 2. The first kappa shape index (κ1) is 20.6. The van der Waals surface area contributed by atoms with E-state index in [0.717, 1.165) is 34.0 Å². The third-order valence-electron chi connectivity index (χ3n) is 5.38. The Morgan fingerprint density at radius 3 is 2.54 bits per heavy atom. The minimum atomic E-state index is -0.396. The number of aryl methyl sites for hydroxylation is 1. The molecule has 0 bridgehead atoms. The van der Waals surface area contributed by atoms with Crippen molar-refractivity contribution in [1.82, 2.24) is 5.32 Å². The highest BCUT2D eigenvalue weighted by molar-refractivity contribution is 6.32. The molecule has 2 aromatic carbocycles. The minimum absolute atomic E-state index is 0.104. The van der Waals surface area contributed by atoms with Crippen LogP contribution in [0.5, 0.6) is 5.75 Å². The van der Waals surface area contributed by atoms with Gasteiger partial charge in [0.05, 0.1) is 12.0 Å². The van der Waals surface area contributed by atoms with Gasteiger partial charge in [0, 0.05) is 46.6 Å². The Bertz CT molecular complexity index is 936. The minimum Gasteiger partial charge on any atom is -0.497 e. The van der Waals surface area contributed by atoms with E-state index in [9.17, 15) is 0 Å². The maximum Gasteiger partial charge on any atom is 0.119 e. The summed E-state index contributed by atoms with van der Waals surface area (Å²) in [6, 6.07) is 12.0. The number of hydrogen-bond donors (Lipinski definition) is 2. The van der Waals surface area contributed by atoms with Gasteiger partial charge >= 0.3 is 0 Å². The molecule has 1 saturated carbocycles. The molecule has 0 aromatic heterocycles. The molecule has 5 heteroatoms. The molecular formula is C23H26Cl2N2O. The van der Waals surface area contributed by atoms with Gasteiger partial charge in [0.1, 0.15) is 5.75 Å². The molecule has 2 aromatic rings. The van der Waals surface area contributed by atoms with E-state index in [-0.39, 0.29) is 11.8 Å². The summed E-state index contributed by atoms with van der Waals surface area (Å²) in [7, 11) is 3.50. The van der Waals surface area contributed by atoms with Crippen molar-refractivity contribution in [3.05, 3.63) is 77.0 Å². The van der Waals surface area contributed by atoms with Crippen LogP contribution in [0.15, 0.2) is 55.3 Å². The quantitative estimate of drug-likeness (QED) is 0.528. The molecule has 3 rings (SSSR count). The van der Waals surface area contributed by atoms with Crippen LogP contribution in [-0.4, -0.2) is 19.0 Å². The topological polar surface area (TPSA) is 33.3 Å². The van der Waals surface area contributed by atoms with Gasteiger partial charge in [-0.05, 0) is 55.3 Å². The van der Waals surface area contributed by atoms with Gasteiger partial charge in [0.25, 0.3) is 0 Å². The van der Waals surface area contributed by atoms with Crippen molar-refractivity contribution in [3.63, 3.8) is 0 Å². The molecule has 0 spiro atoms. The predicted molar refractivity (Wildman–Crippen MR) is 121 cm³/mol. The Balaban J connectivity index is 1.82. The van der Waals surface area contributed by atoms with Gasteiger partial charge in [0.2, 0.25) is 0 Å². The van der Waals surface area contributed by atoms with Crippen molar-refractivity contribution in [1.29, 1.82) is 0 Å². The summed E-state index contributed by atoms with van der Waals surface area (Å²) in [6.45, 7) is 12.4. The molecule has 3 unspecified atom stereocenters. The van der Waals surface area contributed by atoms with E-state index < -0.39 is 4.87 Å². The summed E-state index contributed by atoms with van der Waals surface area (Å²) < 4.78 is 5.42. The van der Waals surface area contributed by atoms with Gasteiger partial charge in [-0.15, -0.1) is 11.6 Å². The fourth-order valence-electron chi connectivity index (χ4n) is 3.85. The molecule has 0 heterocycles. The van der Waals surface area contributed by atoms with Gasteiger partial charge < -0.3 is 15.4 Å². The van der Waals surface area contributed by atoms with Gasteiger partial charge in [-0.3, -0.25) is 0 Å². The Labute approximate surface area is 177 Å². The van der Waals surface area contributed by atoms with Crippen LogP contribution >= 0.6 is 23.2 Å². The van der Waals surface area contributed by atoms with E-state index >= 15 is 0 Å². The standard InChI is InChI=1S/C23H26Cl2N2O/c1-13-9-16(11-18(10-13)28-6)22-21(23(22,4)25)15(3)27-17-7-8-20(24)19(12-17)14(2)26-5/h7-12,21-22,26-27H,2-3H2,1,4-6H3. The van der Waals surface area contributed by atoms with Crippen LogP contribution < -0.4 is 15.4 Å². The van der Waals surface area contributed by atoms with Crippen LogP contribution in [0.3, 0.4) is 0 Å². The highest BCUT2D eigenvalue weighted by Crippen LogP contribution is 2.64. The monoisotopic (exact) mass is 416 g/mol. The maximum atomic E-state index is 6.86. The van der Waals surface area contributed by atoms with Crippen LogP contribution in [0.25, 0.3) is 5.70 Å². The molecule has 3 nitrogen and oxygen atoms in total. The molecule has 2 N–H and O–H groups in total. The zero-order valence-corrected chi connectivity index (χ0v) is 18.2. The van der Waals surface area contributed by atoms with Crippen molar-refractivity contribution < 1.29 is 4.74 Å². The molecular weight excluding hydrogens is 391 g/mol. The SMILES string of the molecule is C=C(NC)c1cc(NC(=C)C2C(c3cc(C)cc(OC)c3)C2(C)Cl)ccc1Cl. The summed E-state index contributed by atoms with van der Waals surface area (Å²) in [6.07, 6.45) is 0. The molecule has 28 heavy (non-hydrogen) atoms. The van der Waals surface area contributed by atoms with Crippen molar-refractivity contribution >= 4 is 34.6 Å². The lowest BCUT2D eigenvalue weighted by Crippen LogP contribution is -2.07. The Kier molecular flexibility index (Phi) is 5.69. The molecule has 3 atom stereocenters. The number of allylic oxidation sites excluding steroid dienone is 1. The van der Waals surface area contributed by atoms with Gasteiger partial charge in [-0.2, -0.15) is 0 Å². The Morgan fingerprint density at radius 2 is 1.89 bits per heavy atom. The third kappa shape index (κ3) is 3.87. The number of hydrogen-bond acceptors (Lipinski definition) is 3. The van der Waals surface area contributed by atoms with Crippen LogP contribution in [0.4, 0.5) is 5.69 Å². The number of halogens is 2. The fraction of sp³-hybridized carbons (Fsp3) is 0.304. The van der Waals surface area contributed by atoms with E-state index in [1.165, 1.54) is 5.56 Å². The first-order valence-corrected chi connectivity index (χ1v) is 9.91. The summed E-state index contributed by atoms with van der Waals surface area (Å²) in [5.41, 5.74) is 5.72. The molecule has 1 aliphatic rings. The molecule has 1 aliphatic carbocycles. The lowest BCUT2D eigenvalue weighted by Gasteiger charge is -2.14. The molecule has 0 saturated heterocycles. The van der Waals surface area contributed by atoms with Crippen LogP contribution in [0, 0.1) is 12.8 Å². The number of benzene rings is 2. The number of rotatable bonds is 7. The summed E-state index contributed by atoms with van der Waals surface area (Å²) >= 11 is 13.1. The van der Waals surface area contributed by atoms with Crippen LogP contribution in [0.2, 0.25) is 5.02 Å². The smallest absolute Gasteiger partial charge is 0.119 e. The molecule has 0 radical (unpaired) electrons. The van der Waals surface area contributed by atoms with Crippen molar-refractivity contribution in [3.8, 4) is 5.75 Å². The molecule has 0 aliphatic heterocycles. The van der Waals surface area contributed by atoms with E-state index in [1.54, 1.807) is 7.11 Å². The van der Waals surface area contributed by atoms with E-state index in [0.29, 0.717) is 5.02 Å². The summed E-state index contributed by atoms with van der Waals surface area (Å²) in [5.74, 6) is 1.12. The van der Waals surface area contributed by atoms with E-state index in [2.05, 4.69) is 49.8 Å². The fourth-order valence-corrected chi connectivity index (χ4v) is 4.53. The number of ether oxygens (including phenoxy) is 1. The van der Waals surface area contributed by atoms with Gasteiger partial charge in [-0.25, -0.2) is 0 Å². The second-order valence-electron chi connectivity index (χ2n) is 7.46.